The Bertz CT molecular complexity index is 1060. The van der Waals surface area contributed by atoms with E-state index in [-0.39, 0.29) is 31.4 Å². The van der Waals surface area contributed by atoms with Gasteiger partial charge in [0.2, 0.25) is 17.7 Å². The molecule has 0 saturated carbocycles. The van der Waals surface area contributed by atoms with Gasteiger partial charge in [0.05, 0.1) is 18.9 Å². The van der Waals surface area contributed by atoms with E-state index in [1.807, 2.05) is 0 Å². The van der Waals surface area contributed by atoms with Crippen molar-refractivity contribution in [3.8, 4) is 5.75 Å². The average molecular weight is 505 g/mol. The molecule has 194 valence electrons. The molecule has 0 fully saturated rings. The fourth-order valence-corrected chi connectivity index (χ4v) is 3.12. The number of amides is 3. The zero-order valence-corrected chi connectivity index (χ0v) is 19.1. The summed E-state index contributed by atoms with van der Waals surface area (Å²) >= 11 is 0. The molecule has 3 atom stereocenters. The van der Waals surface area contributed by atoms with Crippen LogP contribution in [0.2, 0.25) is 0 Å². The summed E-state index contributed by atoms with van der Waals surface area (Å²) in [6.07, 6.45) is 2.25. The van der Waals surface area contributed by atoms with Crippen molar-refractivity contribution < 1.29 is 39.3 Å². The Hall–Kier alpha value is -4.46. The highest BCUT2D eigenvalue weighted by molar-refractivity contribution is 5.92. The smallest absolute Gasteiger partial charge is 0.326 e. The van der Waals surface area contributed by atoms with E-state index >= 15 is 0 Å². The summed E-state index contributed by atoms with van der Waals surface area (Å²) in [7, 11) is 0. The third kappa shape index (κ3) is 9.42. The fraction of sp³-hybridized carbons (Fsp3) is 0.364. The fourth-order valence-electron chi connectivity index (χ4n) is 3.12. The lowest BCUT2D eigenvalue weighted by molar-refractivity contribution is -0.142. The van der Waals surface area contributed by atoms with E-state index in [9.17, 15) is 34.2 Å². The minimum atomic E-state index is -1.32. The Morgan fingerprint density at radius 1 is 0.972 bits per heavy atom. The molecular formula is C22H28N6O8. The number of phenolic OH excluding ortho intramolecular Hbond substituents is 1. The minimum Gasteiger partial charge on any atom is -0.508 e. The Morgan fingerprint density at radius 2 is 1.67 bits per heavy atom. The molecule has 14 nitrogen and oxygen atoms in total. The number of carbonyl (C=O) groups is 5. The molecule has 9 N–H and O–H groups in total. The molecule has 3 unspecified atom stereocenters. The highest BCUT2D eigenvalue weighted by Crippen LogP contribution is 2.12. The first kappa shape index (κ1) is 27.8. The summed E-state index contributed by atoms with van der Waals surface area (Å²) in [5.74, 6) is -4.68. The standard InChI is InChI=1S/C22H28N6O8/c23-15(5-6-19(31)32)20(33)25-10-18(30)27-16(8-13-9-24-11-26-13)21(34)28-17(22(35)36)7-12-1-3-14(29)4-2-12/h1-4,9,11,15-17,29H,5-8,10,23H2,(H,24,26)(H,25,33)(H,27,30)(H,28,34)(H,31,32)(H,35,36). The SMILES string of the molecule is NC(CCC(=O)O)C(=O)NCC(=O)NC(Cc1cnc[nH]1)C(=O)NC(Cc1ccc(O)cc1)C(=O)O. The molecule has 0 aliphatic rings. The van der Waals surface area contributed by atoms with Crippen LogP contribution in [-0.2, 0) is 36.8 Å². The van der Waals surface area contributed by atoms with Gasteiger partial charge in [0.25, 0.3) is 0 Å². The average Bonchev–Trinajstić information content (AvgIpc) is 3.34. The number of nitrogens with two attached hydrogens (primary N) is 1. The summed E-state index contributed by atoms with van der Waals surface area (Å²) in [4.78, 5) is 66.3. The quantitative estimate of drug-likeness (QED) is 0.144. The molecule has 36 heavy (non-hydrogen) atoms. The first-order valence-electron chi connectivity index (χ1n) is 10.9. The number of imidazole rings is 1. The summed E-state index contributed by atoms with van der Waals surface area (Å²) in [6.45, 7) is -0.539. The highest BCUT2D eigenvalue weighted by atomic mass is 16.4. The van der Waals surface area contributed by atoms with E-state index in [1.54, 1.807) is 0 Å². The third-order valence-electron chi connectivity index (χ3n) is 5.05. The number of H-pyrrole nitrogens is 1. The van der Waals surface area contributed by atoms with E-state index in [0.717, 1.165) is 0 Å². The van der Waals surface area contributed by atoms with Gasteiger partial charge in [-0.1, -0.05) is 12.1 Å². The van der Waals surface area contributed by atoms with Crippen molar-refractivity contribution in [2.24, 2.45) is 5.73 Å². The van der Waals surface area contributed by atoms with Crippen LogP contribution in [0.4, 0.5) is 0 Å². The third-order valence-corrected chi connectivity index (χ3v) is 5.05. The number of nitrogens with one attached hydrogen (secondary N) is 4. The van der Waals surface area contributed by atoms with Crippen LogP contribution in [0.15, 0.2) is 36.8 Å². The van der Waals surface area contributed by atoms with Crippen LogP contribution < -0.4 is 21.7 Å². The molecule has 1 aromatic carbocycles. The summed E-state index contributed by atoms with van der Waals surface area (Å²) in [5.41, 5.74) is 6.63. The molecule has 3 amide bonds. The van der Waals surface area contributed by atoms with E-state index in [2.05, 4.69) is 25.9 Å². The van der Waals surface area contributed by atoms with Crippen LogP contribution in [0.5, 0.6) is 5.75 Å². The lowest BCUT2D eigenvalue weighted by atomic mass is 10.0. The lowest BCUT2D eigenvalue weighted by Gasteiger charge is -2.21. The van der Waals surface area contributed by atoms with E-state index in [4.69, 9.17) is 10.8 Å². The van der Waals surface area contributed by atoms with E-state index in [1.165, 1.54) is 36.8 Å². The molecule has 1 aromatic heterocycles. The lowest BCUT2D eigenvalue weighted by Crippen LogP contribution is -2.55. The van der Waals surface area contributed by atoms with Gasteiger partial charge in [0.1, 0.15) is 17.8 Å². The van der Waals surface area contributed by atoms with Crippen LogP contribution in [0, 0.1) is 0 Å². The van der Waals surface area contributed by atoms with Crippen LogP contribution in [0.1, 0.15) is 24.1 Å². The zero-order valence-electron chi connectivity index (χ0n) is 19.1. The van der Waals surface area contributed by atoms with Crippen molar-refractivity contribution in [2.45, 2.75) is 43.8 Å². The number of carbonyl (C=O) groups excluding carboxylic acids is 3. The van der Waals surface area contributed by atoms with Gasteiger partial charge in [-0.3, -0.25) is 19.2 Å². The highest BCUT2D eigenvalue weighted by Gasteiger charge is 2.28. The second kappa shape index (κ2) is 13.4. The summed E-state index contributed by atoms with van der Waals surface area (Å²) in [5, 5.41) is 34.7. The molecule has 0 aliphatic carbocycles. The zero-order chi connectivity index (χ0) is 26.7. The predicted octanol–water partition coefficient (Wildman–Crippen LogP) is -1.74. The normalized spacial score (nSPS) is 13.1. The van der Waals surface area contributed by atoms with E-state index < -0.39 is 54.3 Å². The van der Waals surface area contributed by atoms with Gasteiger partial charge in [0, 0.05) is 31.2 Å². The van der Waals surface area contributed by atoms with Gasteiger partial charge in [0.15, 0.2) is 0 Å². The second-order valence-corrected chi connectivity index (χ2v) is 7.93. The number of benzene rings is 1. The molecule has 2 rings (SSSR count). The topological polar surface area (TPSA) is 237 Å². The molecule has 2 aromatic rings. The monoisotopic (exact) mass is 504 g/mol. The number of aromatic amines is 1. The van der Waals surface area contributed by atoms with Gasteiger partial charge in [-0.2, -0.15) is 0 Å². The van der Waals surface area contributed by atoms with Crippen molar-refractivity contribution in [1.82, 2.24) is 25.9 Å². The van der Waals surface area contributed by atoms with Gasteiger partial charge < -0.3 is 42.0 Å². The Morgan fingerprint density at radius 3 is 2.25 bits per heavy atom. The van der Waals surface area contributed by atoms with Crippen molar-refractivity contribution in [1.29, 1.82) is 0 Å². The molecule has 0 radical (unpaired) electrons. The minimum absolute atomic E-state index is 0.00641. The number of carboxylic acid groups (broad SMARTS) is 2. The number of hydrogen-bond donors (Lipinski definition) is 8. The number of rotatable bonds is 14. The predicted molar refractivity (Wildman–Crippen MR) is 123 cm³/mol. The first-order valence-corrected chi connectivity index (χ1v) is 10.9. The Balaban J connectivity index is 2.02. The Labute approximate surface area is 205 Å². The Kier molecular flexibility index (Phi) is 10.4. The molecular weight excluding hydrogens is 476 g/mol. The van der Waals surface area contributed by atoms with Gasteiger partial charge in [-0.25, -0.2) is 9.78 Å². The maximum Gasteiger partial charge on any atom is 0.326 e. The van der Waals surface area contributed by atoms with Crippen LogP contribution in [0.25, 0.3) is 0 Å². The molecule has 14 heteroatoms. The first-order chi connectivity index (χ1) is 17.0. The number of aliphatic carboxylic acids is 2. The van der Waals surface area contributed by atoms with Crippen molar-refractivity contribution in [2.75, 3.05) is 6.54 Å². The van der Waals surface area contributed by atoms with Gasteiger partial charge >= 0.3 is 11.9 Å². The van der Waals surface area contributed by atoms with Crippen LogP contribution >= 0.6 is 0 Å². The van der Waals surface area contributed by atoms with Crippen molar-refractivity contribution in [3.05, 3.63) is 48.0 Å². The number of phenols is 1. The molecule has 1 heterocycles. The maximum absolute atomic E-state index is 12.9. The summed E-state index contributed by atoms with van der Waals surface area (Å²) < 4.78 is 0. The second-order valence-electron chi connectivity index (χ2n) is 7.93. The number of hydrogen-bond acceptors (Lipinski definition) is 8. The van der Waals surface area contributed by atoms with Crippen molar-refractivity contribution in [3.63, 3.8) is 0 Å². The number of carboxylic acids is 2. The summed E-state index contributed by atoms with van der Waals surface area (Å²) in [6, 6.07) is 2.15. The van der Waals surface area contributed by atoms with Gasteiger partial charge in [-0.15, -0.1) is 0 Å². The molecule has 0 aliphatic heterocycles. The molecule has 0 bridgehead atoms. The van der Waals surface area contributed by atoms with Gasteiger partial charge in [-0.05, 0) is 24.1 Å². The number of aromatic hydroxyl groups is 1. The maximum atomic E-state index is 12.9. The number of aromatic nitrogens is 2. The van der Waals surface area contributed by atoms with Crippen molar-refractivity contribution >= 4 is 29.7 Å². The van der Waals surface area contributed by atoms with Crippen LogP contribution in [0.3, 0.4) is 0 Å². The number of nitrogens with zero attached hydrogens (tertiary/aromatic N) is 1. The van der Waals surface area contributed by atoms with E-state index in [0.29, 0.717) is 11.3 Å². The molecule has 0 saturated heterocycles. The molecule has 0 spiro atoms. The van der Waals surface area contributed by atoms with Crippen LogP contribution in [-0.4, -0.2) is 79.6 Å². The largest absolute Gasteiger partial charge is 0.508 e.